The molecule has 0 aliphatic heterocycles. The van der Waals surface area contributed by atoms with Crippen molar-refractivity contribution in [3.8, 4) is 17.2 Å². The van der Waals surface area contributed by atoms with Gasteiger partial charge in [0, 0.05) is 12.4 Å². The number of nitrogens with zero attached hydrogens (tertiary/aromatic N) is 3. The van der Waals surface area contributed by atoms with Crippen molar-refractivity contribution >= 4 is 5.78 Å². The fourth-order valence-corrected chi connectivity index (χ4v) is 1.98. The molecule has 1 aromatic carbocycles. The van der Waals surface area contributed by atoms with Crippen LogP contribution in [0.25, 0.3) is 0 Å². The van der Waals surface area contributed by atoms with E-state index < -0.39 is 6.36 Å². The number of aromatic nitrogens is 3. The average Bonchev–Trinajstić information content (AvgIpc) is 2.63. The lowest BCUT2D eigenvalue weighted by Gasteiger charge is -2.10. The minimum atomic E-state index is -4.75. The molecule has 0 radical (unpaired) electrons. The Morgan fingerprint density at radius 2 is 1.46 bits per heavy atom. The molecule has 0 N–H and O–H groups in total. The van der Waals surface area contributed by atoms with E-state index in [4.69, 9.17) is 4.74 Å². The predicted molar refractivity (Wildman–Crippen MR) is 82.9 cm³/mol. The number of pyridine rings is 1. The fraction of sp³-hybridized carbons (Fsp3) is 0.0588. The number of carbonyl (C=O) groups excluding carboxylic acids is 1. The molecule has 0 aliphatic carbocycles. The van der Waals surface area contributed by atoms with Crippen LogP contribution in [-0.2, 0) is 0 Å². The highest BCUT2D eigenvalue weighted by Crippen LogP contribution is 2.27. The van der Waals surface area contributed by atoms with Crippen molar-refractivity contribution < 1.29 is 27.4 Å². The standard InChI is InChI=1S/C17H10F3N3O3/c18-17(19,20)26-13-3-1-12(2-4-13)25-14-5-6-15(23-9-14)16(24)11-7-21-10-22-8-11/h1-10H. The highest BCUT2D eigenvalue weighted by atomic mass is 19.4. The first-order chi connectivity index (χ1) is 12.4. The molecule has 26 heavy (non-hydrogen) atoms. The van der Waals surface area contributed by atoms with Gasteiger partial charge in [0.2, 0.25) is 5.78 Å². The third-order valence-corrected chi connectivity index (χ3v) is 3.08. The SMILES string of the molecule is O=C(c1cncnc1)c1ccc(Oc2ccc(OC(F)(F)F)cc2)cn1. The Hall–Kier alpha value is -3.49. The maximum Gasteiger partial charge on any atom is 0.573 e. The summed E-state index contributed by atoms with van der Waals surface area (Å²) in [5.74, 6) is -0.0907. The van der Waals surface area contributed by atoms with Gasteiger partial charge in [0.15, 0.2) is 0 Å². The number of benzene rings is 1. The second kappa shape index (κ2) is 7.18. The summed E-state index contributed by atoms with van der Waals surface area (Å²) in [4.78, 5) is 23.7. The first kappa shape index (κ1) is 17.3. The summed E-state index contributed by atoms with van der Waals surface area (Å²) in [6.07, 6.45) is 0.653. The highest BCUT2D eigenvalue weighted by molar-refractivity contribution is 6.07. The van der Waals surface area contributed by atoms with Crippen LogP contribution in [0.4, 0.5) is 13.2 Å². The molecule has 3 rings (SSSR count). The number of ether oxygens (including phenoxy) is 2. The Morgan fingerprint density at radius 3 is 2.04 bits per heavy atom. The van der Waals surface area contributed by atoms with Crippen molar-refractivity contribution in [3.63, 3.8) is 0 Å². The van der Waals surface area contributed by atoms with Crippen molar-refractivity contribution in [2.24, 2.45) is 0 Å². The summed E-state index contributed by atoms with van der Waals surface area (Å²) < 4.78 is 45.6. The molecule has 0 bridgehead atoms. The lowest BCUT2D eigenvalue weighted by atomic mass is 10.1. The van der Waals surface area contributed by atoms with Crippen LogP contribution >= 0.6 is 0 Å². The second-order valence-corrected chi connectivity index (χ2v) is 4.96. The largest absolute Gasteiger partial charge is 0.573 e. The normalized spacial score (nSPS) is 11.0. The zero-order valence-corrected chi connectivity index (χ0v) is 13.0. The van der Waals surface area contributed by atoms with Crippen molar-refractivity contribution in [3.05, 3.63) is 72.6 Å². The Bertz CT molecular complexity index is 883. The molecule has 0 unspecified atom stereocenters. The number of halogens is 3. The molecule has 2 heterocycles. The molecule has 0 spiro atoms. The molecule has 6 nitrogen and oxygen atoms in total. The number of ketones is 1. The van der Waals surface area contributed by atoms with E-state index in [1.54, 1.807) is 0 Å². The van der Waals surface area contributed by atoms with Crippen molar-refractivity contribution in [1.29, 1.82) is 0 Å². The van der Waals surface area contributed by atoms with E-state index in [0.717, 1.165) is 12.1 Å². The van der Waals surface area contributed by atoms with Crippen molar-refractivity contribution in [1.82, 2.24) is 15.0 Å². The third-order valence-electron chi connectivity index (χ3n) is 3.08. The number of carbonyl (C=O) groups is 1. The van der Waals surface area contributed by atoms with Gasteiger partial charge in [-0.05, 0) is 36.4 Å². The Balaban J connectivity index is 1.67. The lowest BCUT2D eigenvalue weighted by molar-refractivity contribution is -0.274. The van der Waals surface area contributed by atoms with E-state index in [0.29, 0.717) is 11.3 Å². The molecular weight excluding hydrogens is 351 g/mol. The Labute approximate surface area is 145 Å². The van der Waals surface area contributed by atoms with E-state index in [2.05, 4.69) is 19.7 Å². The van der Waals surface area contributed by atoms with Crippen LogP contribution < -0.4 is 9.47 Å². The molecule has 2 aromatic heterocycles. The van der Waals surface area contributed by atoms with Crippen molar-refractivity contribution in [2.45, 2.75) is 6.36 Å². The van der Waals surface area contributed by atoms with Gasteiger partial charge in [0.1, 0.15) is 29.3 Å². The molecule has 0 atom stereocenters. The molecule has 0 saturated heterocycles. The first-order valence-corrected chi connectivity index (χ1v) is 7.20. The van der Waals surface area contributed by atoms with E-state index >= 15 is 0 Å². The Kier molecular flexibility index (Phi) is 4.78. The van der Waals surface area contributed by atoms with Crippen LogP contribution in [0.2, 0.25) is 0 Å². The maximum atomic E-state index is 12.2. The number of rotatable bonds is 5. The summed E-state index contributed by atoms with van der Waals surface area (Å²) in [6.45, 7) is 0. The summed E-state index contributed by atoms with van der Waals surface area (Å²) in [5.41, 5.74) is 0.481. The van der Waals surface area contributed by atoms with Crippen LogP contribution in [0.5, 0.6) is 17.2 Å². The molecular formula is C17H10F3N3O3. The number of hydrogen-bond donors (Lipinski definition) is 0. The first-order valence-electron chi connectivity index (χ1n) is 7.20. The van der Waals surface area contributed by atoms with E-state index in [1.807, 2.05) is 0 Å². The van der Waals surface area contributed by atoms with Crippen LogP contribution in [0.15, 0.2) is 61.3 Å². The lowest BCUT2D eigenvalue weighted by Crippen LogP contribution is -2.16. The molecule has 0 amide bonds. The zero-order valence-electron chi connectivity index (χ0n) is 13.0. The van der Waals surface area contributed by atoms with Gasteiger partial charge in [0.25, 0.3) is 0 Å². The molecule has 132 valence electrons. The van der Waals surface area contributed by atoms with Gasteiger partial charge in [0.05, 0.1) is 11.8 Å². The van der Waals surface area contributed by atoms with Crippen molar-refractivity contribution in [2.75, 3.05) is 0 Å². The molecule has 9 heteroatoms. The second-order valence-electron chi connectivity index (χ2n) is 4.96. The average molecular weight is 361 g/mol. The highest BCUT2D eigenvalue weighted by Gasteiger charge is 2.30. The summed E-state index contributed by atoms with van der Waals surface area (Å²) >= 11 is 0. The van der Waals surface area contributed by atoms with E-state index in [-0.39, 0.29) is 23.0 Å². The molecule has 3 aromatic rings. The van der Waals surface area contributed by atoms with Crippen LogP contribution in [0.1, 0.15) is 16.1 Å². The maximum absolute atomic E-state index is 12.2. The smallest absolute Gasteiger partial charge is 0.456 e. The van der Waals surface area contributed by atoms with Gasteiger partial charge in [-0.2, -0.15) is 0 Å². The van der Waals surface area contributed by atoms with Crippen LogP contribution in [-0.4, -0.2) is 27.1 Å². The summed E-state index contributed by atoms with van der Waals surface area (Å²) in [7, 11) is 0. The van der Waals surface area contributed by atoms with Gasteiger partial charge >= 0.3 is 6.36 Å². The zero-order chi connectivity index (χ0) is 18.6. The number of alkyl halides is 3. The molecule has 0 fully saturated rings. The van der Waals surface area contributed by atoms with E-state index in [9.17, 15) is 18.0 Å². The topological polar surface area (TPSA) is 74.2 Å². The predicted octanol–water partition coefficient (Wildman–Crippen LogP) is 3.79. The van der Waals surface area contributed by atoms with Crippen LogP contribution in [0, 0.1) is 0 Å². The summed E-state index contributed by atoms with van der Waals surface area (Å²) in [5, 5.41) is 0. The minimum absolute atomic E-state index is 0.182. The van der Waals surface area contributed by atoms with Gasteiger partial charge in [-0.25, -0.2) is 15.0 Å². The third kappa shape index (κ3) is 4.53. The van der Waals surface area contributed by atoms with E-state index in [1.165, 1.54) is 49.2 Å². The minimum Gasteiger partial charge on any atom is -0.456 e. The number of hydrogen-bond acceptors (Lipinski definition) is 6. The fourth-order valence-electron chi connectivity index (χ4n) is 1.98. The quantitative estimate of drug-likeness (QED) is 0.644. The van der Waals surface area contributed by atoms with Gasteiger partial charge in [-0.15, -0.1) is 13.2 Å². The van der Waals surface area contributed by atoms with Gasteiger partial charge in [-0.1, -0.05) is 0 Å². The monoisotopic (exact) mass is 361 g/mol. The molecule has 0 aliphatic rings. The molecule has 0 saturated carbocycles. The Morgan fingerprint density at radius 1 is 0.846 bits per heavy atom. The van der Waals surface area contributed by atoms with Crippen LogP contribution in [0.3, 0.4) is 0 Å². The van der Waals surface area contributed by atoms with Gasteiger partial charge < -0.3 is 9.47 Å². The summed E-state index contributed by atoms with van der Waals surface area (Å²) in [6, 6.07) is 7.88. The van der Waals surface area contributed by atoms with Gasteiger partial charge in [-0.3, -0.25) is 4.79 Å².